The van der Waals surface area contributed by atoms with Crippen molar-refractivity contribution in [3.05, 3.63) is 64.7 Å². The molecule has 0 fully saturated rings. The van der Waals surface area contributed by atoms with E-state index >= 15 is 0 Å². The first-order valence-electron chi connectivity index (χ1n) is 10.3. The summed E-state index contributed by atoms with van der Waals surface area (Å²) in [5.41, 5.74) is 2.08. The van der Waals surface area contributed by atoms with Crippen LogP contribution < -0.4 is 10.1 Å². The van der Waals surface area contributed by atoms with Crippen molar-refractivity contribution >= 4 is 23.4 Å². The van der Waals surface area contributed by atoms with E-state index in [9.17, 15) is 9.59 Å². The zero-order valence-electron chi connectivity index (χ0n) is 18.2. The third-order valence-electron chi connectivity index (χ3n) is 4.68. The minimum absolute atomic E-state index is 0.140. The molecule has 0 radical (unpaired) electrons. The number of aryl methyl sites for hydroxylation is 1. The van der Waals surface area contributed by atoms with Gasteiger partial charge in [0.05, 0.1) is 0 Å². The van der Waals surface area contributed by atoms with Gasteiger partial charge in [0.15, 0.2) is 6.61 Å². The van der Waals surface area contributed by atoms with Gasteiger partial charge in [-0.3, -0.25) is 9.59 Å². The van der Waals surface area contributed by atoms with Crippen molar-refractivity contribution in [2.75, 3.05) is 13.2 Å². The number of nitrogens with one attached hydrogen (secondary N) is 1. The predicted molar refractivity (Wildman–Crippen MR) is 121 cm³/mol. The summed E-state index contributed by atoms with van der Waals surface area (Å²) in [6.07, 6.45) is 0.516. The zero-order chi connectivity index (χ0) is 22.1. The molecule has 6 heteroatoms. The number of rotatable bonds is 10. The van der Waals surface area contributed by atoms with Gasteiger partial charge in [-0.1, -0.05) is 62.2 Å². The maximum absolute atomic E-state index is 13.1. The summed E-state index contributed by atoms with van der Waals surface area (Å²) in [4.78, 5) is 27.6. The second kappa shape index (κ2) is 11.6. The zero-order valence-corrected chi connectivity index (χ0v) is 18.9. The van der Waals surface area contributed by atoms with Gasteiger partial charge < -0.3 is 15.0 Å². The smallest absolute Gasteiger partial charge is 0.261 e. The quantitative estimate of drug-likeness (QED) is 0.598. The van der Waals surface area contributed by atoms with Crippen LogP contribution in [-0.2, 0) is 16.1 Å². The highest BCUT2D eigenvalue weighted by Crippen LogP contribution is 2.17. The Morgan fingerprint density at radius 2 is 1.83 bits per heavy atom. The monoisotopic (exact) mass is 430 g/mol. The largest absolute Gasteiger partial charge is 0.484 e. The van der Waals surface area contributed by atoms with Gasteiger partial charge in [-0.05, 0) is 49.1 Å². The van der Waals surface area contributed by atoms with E-state index in [0.29, 0.717) is 36.2 Å². The van der Waals surface area contributed by atoms with Crippen molar-refractivity contribution in [1.82, 2.24) is 10.2 Å². The first-order valence-corrected chi connectivity index (χ1v) is 10.7. The Morgan fingerprint density at radius 1 is 1.13 bits per heavy atom. The SMILES string of the molecule is CC[C@@H](C(=O)NCC(C)C)N(Cc1cccc(C)c1)C(=O)COc1ccc(Cl)cc1. The van der Waals surface area contributed by atoms with Crippen LogP contribution in [0.4, 0.5) is 0 Å². The van der Waals surface area contributed by atoms with Gasteiger partial charge >= 0.3 is 0 Å². The molecule has 0 aliphatic rings. The van der Waals surface area contributed by atoms with Crippen molar-refractivity contribution in [1.29, 1.82) is 0 Å². The standard InChI is InChI=1S/C24H31ClN2O3/c1-5-22(24(29)26-14-17(2)3)27(15-19-8-6-7-18(4)13-19)23(28)16-30-21-11-9-20(25)10-12-21/h6-13,17,22H,5,14-16H2,1-4H3,(H,26,29)/t22-/m0/s1. The number of ether oxygens (including phenoxy) is 1. The van der Waals surface area contributed by atoms with Crippen LogP contribution >= 0.6 is 11.6 Å². The molecular weight excluding hydrogens is 400 g/mol. The van der Waals surface area contributed by atoms with Crippen LogP contribution in [0.15, 0.2) is 48.5 Å². The Labute approximate surface area is 184 Å². The molecule has 1 N–H and O–H groups in total. The lowest BCUT2D eigenvalue weighted by atomic mass is 10.1. The normalized spacial score (nSPS) is 11.8. The van der Waals surface area contributed by atoms with Crippen molar-refractivity contribution in [2.24, 2.45) is 5.92 Å². The first kappa shape index (κ1) is 23.7. The fourth-order valence-corrected chi connectivity index (χ4v) is 3.23. The molecule has 5 nitrogen and oxygen atoms in total. The molecule has 162 valence electrons. The molecule has 0 saturated heterocycles. The van der Waals surface area contributed by atoms with Crippen LogP contribution in [0.25, 0.3) is 0 Å². The molecule has 0 saturated carbocycles. The Hall–Kier alpha value is -2.53. The second-order valence-corrected chi connectivity index (χ2v) is 8.25. The van der Waals surface area contributed by atoms with E-state index in [1.54, 1.807) is 29.2 Å². The summed E-state index contributed by atoms with van der Waals surface area (Å²) in [6, 6.07) is 14.2. The van der Waals surface area contributed by atoms with Crippen LogP contribution in [0.2, 0.25) is 5.02 Å². The number of hydrogen-bond donors (Lipinski definition) is 1. The number of nitrogens with zero attached hydrogens (tertiary/aromatic N) is 1. The van der Waals surface area contributed by atoms with Crippen LogP contribution in [-0.4, -0.2) is 35.9 Å². The molecule has 2 aromatic rings. The van der Waals surface area contributed by atoms with Gasteiger partial charge in [0.25, 0.3) is 5.91 Å². The number of benzene rings is 2. The molecule has 0 spiro atoms. The van der Waals surface area contributed by atoms with Crippen molar-refractivity contribution < 1.29 is 14.3 Å². The summed E-state index contributed by atoms with van der Waals surface area (Å²) >= 11 is 5.90. The minimum Gasteiger partial charge on any atom is -0.484 e. The van der Waals surface area contributed by atoms with E-state index in [1.165, 1.54) is 0 Å². The highest BCUT2D eigenvalue weighted by atomic mass is 35.5. The van der Waals surface area contributed by atoms with E-state index in [0.717, 1.165) is 11.1 Å². The van der Waals surface area contributed by atoms with E-state index < -0.39 is 6.04 Å². The maximum atomic E-state index is 13.1. The summed E-state index contributed by atoms with van der Waals surface area (Å²) in [5, 5.41) is 3.56. The molecule has 30 heavy (non-hydrogen) atoms. The van der Waals surface area contributed by atoms with E-state index in [-0.39, 0.29) is 18.4 Å². The fourth-order valence-electron chi connectivity index (χ4n) is 3.11. The number of amides is 2. The molecule has 2 rings (SSSR count). The number of hydrogen-bond acceptors (Lipinski definition) is 3. The molecule has 1 atom stereocenters. The molecular formula is C24H31ClN2O3. The lowest BCUT2D eigenvalue weighted by molar-refractivity contribution is -0.143. The molecule has 0 aliphatic heterocycles. The Bertz CT molecular complexity index is 837. The molecule has 2 amide bonds. The van der Waals surface area contributed by atoms with E-state index in [2.05, 4.69) is 5.32 Å². The average Bonchev–Trinajstić information content (AvgIpc) is 2.71. The molecule has 2 aromatic carbocycles. The van der Waals surface area contributed by atoms with E-state index in [1.807, 2.05) is 52.0 Å². The summed E-state index contributed by atoms with van der Waals surface area (Å²) < 4.78 is 5.66. The highest BCUT2D eigenvalue weighted by molar-refractivity contribution is 6.30. The van der Waals surface area contributed by atoms with Crippen LogP contribution in [0.1, 0.15) is 38.3 Å². The Morgan fingerprint density at radius 3 is 2.43 bits per heavy atom. The lowest BCUT2D eigenvalue weighted by Gasteiger charge is -2.31. The average molecular weight is 431 g/mol. The first-order chi connectivity index (χ1) is 14.3. The molecule has 0 bridgehead atoms. The molecule has 0 aliphatic carbocycles. The van der Waals surface area contributed by atoms with Crippen molar-refractivity contribution in [3.63, 3.8) is 0 Å². The topological polar surface area (TPSA) is 58.6 Å². The van der Waals surface area contributed by atoms with Gasteiger partial charge in [-0.25, -0.2) is 0 Å². The number of halogens is 1. The molecule has 0 heterocycles. The fraction of sp³-hybridized carbons (Fsp3) is 0.417. The van der Waals surface area contributed by atoms with Gasteiger partial charge in [0.1, 0.15) is 11.8 Å². The summed E-state index contributed by atoms with van der Waals surface area (Å²) in [5.74, 6) is 0.512. The summed E-state index contributed by atoms with van der Waals surface area (Å²) in [6.45, 7) is 8.76. The second-order valence-electron chi connectivity index (χ2n) is 7.82. The van der Waals surface area contributed by atoms with E-state index in [4.69, 9.17) is 16.3 Å². The Kier molecular flexibility index (Phi) is 9.18. The lowest BCUT2D eigenvalue weighted by Crippen LogP contribution is -2.50. The third-order valence-corrected chi connectivity index (χ3v) is 4.93. The maximum Gasteiger partial charge on any atom is 0.261 e. The summed E-state index contributed by atoms with van der Waals surface area (Å²) in [7, 11) is 0. The predicted octanol–water partition coefficient (Wildman–Crippen LogP) is 4.61. The van der Waals surface area contributed by atoms with Crippen molar-refractivity contribution in [2.45, 2.75) is 46.7 Å². The number of carbonyl (C=O) groups excluding carboxylic acids is 2. The van der Waals surface area contributed by atoms with Gasteiger partial charge in [-0.2, -0.15) is 0 Å². The van der Waals surface area contributed by atoms with Gasteiger partial charge in [0.2, 0.25) is 5.91 Å². The number of carbonyl (C=O) groups is 2. The van der Waals surface area contributed by atoms with Gasteiger partial charge in [0, 0.05) is 18.1 Å². The molecule has 0 unspecified atom stereocenters. The third kappa shape index (κ3) is 7.38. The van der Waals surface area contributed by atoms with Crippen LogP contribution in [0.5, 0.6) is 5.75 Å². The van der Waals surface area contributed by atoms with Crippen LogP contribution in [0.3, 0.4) is 0 Å². The van der Waals surface area contributed by atoms with Gasteiger partial charge in [-0.15, -0.1) is 0 Å². The van der Waals surface area contributed by atoms with Crippen LogP contribution in [0, 0.1) is 12.8 Å². The minimum atomic E-state index is -0.564. The van der Waals surface area contributed by atoms with Crippen molar-refractivity contribution in [3.8, 4) is 5.75 Å². The molecule has 0 aromatic heterocycles. The Balaban J connectivity index is 2.18. The highest BCUT2D eigenvalue weighted by Gasteiger charge is 2.29.